The minimum absolute atomic E-state index is 0.0785. The largest absolute Gasteiger partial charge is 0.309 e. The van der Waals surface area contributed by atoms with E-state index < -0.39 is 5.41 Å². The van der Waals surface area contributed by atoms with Gasteiger partial charge in [0, 0.05) is 63.6 Å². The maximum Gasteiger partial charge on any atom is 0.244 e. The van der Waals surface area contributed by atoms with Gasteiger partial charge in [0.2, 0.25) is 13.4 Å². The van der Waals surface area contributed by atoms with E-state index in [9.17, 15) is 0 Å². The number of para-hydroxylation sites is 4. The van der Waals surface area contributed by atoms with Crippen molar-refractivity contribution in [3.63, 3.8) is 0 Å². The van der Waals surface area contributed by atoms with Crippen molar-refractivity contribution in [2.45, 2.75) is 25.0 Å². The number of hydrogen-bond donors (Lipinski definition) is 0. The van der Waals surface area contributed by atoms with Crippen molar-refractivity contribution < 1.29 is 0 Å². The molecule has 2 aromatic heterocycles. The molecule has 0 saturated heterocycles. The van der Waals surface area contributed by atoms with Crippen LogP contribution in [0.4, 0.5) is 0 Å². The highest BCUT2D eigenvalue weighted by molar-refractivity contribution is 8.00. The van der Waals surface area contributed by atoms with E-state index in [0.29, 0.717) is 0 Å². The number of rotatable bonds is 4. The molecule has 2 aliphatic heterocycles. The Hall–Kier alpha value is -8.93. The standard InChI is InChI=1S/C73H44B2N2S2/c1-3-19-45(20-4-1)74-59-27-11-17-33-67(59)78-71-61(74)41-39-57-69(71)53-43-47(76-63-29-13-7-23-49(63)50-24-8-14-30-64(50)76)35-37-55(53)73(57)56-38-36-48(77-65-31-15-9-25-51(65)52-26-10-16-32-66(52)77)44-54(56)70-58(73)40-42-62-72(70)79-68-34-18-12-28-60(68)75(62)46-21-5-2-6-22-46/h1-44H. The molecule has 0 radical (unpaired) electrons. The van der Waals surface area contributed by atoms with Gasteiger partial charge in [-0.2, -0.15) is 0 Å². The Kier molecular flexibility index (Phi) is 9.24. The summed E-state index contributed by atoms with van der Waals surface area (Å²) in [6.45, 7) is 0.157. The molecule has 0 fully saturated rings. The highest BCUT2D eigenvalue weighted by Gasteiger charge is 2.55. The van der Waals surface area contributed by atoms with Crippen molar-refractivity contribution in [2.75, 3.05) is 0 Å². The molecule has 0 saturated carbocycles. The Bertz CT molecular complexity index is 4520. The summed E-state index contributed by atoms with van der Waals surface area (Å²) >= 11 is 3.93. The van der Waals surface area contributed by atoms with Crippen molar-refractivity contribution in [3.05, 3.63) is 289 Å². The first-order valence-corrected chi connectivity index (χ1v) is 29.1. The predicted molar refractivity (Wildman–Crippen MR) is 335 cm³/mol. The zero-order valence-electron chi connectivity index (χ0n) is 42.8. The third-order valence-corrected chi connectivity index (χ3v) is 20.5. The minimum atomic E-state index is -0.641. The molecule has 2 aliphatic carbocycles. The van der Waals surface area contributed by atoms with Crippen molar-refractivity contribution in [1.82, 2.24) is 9.13 Å². The molecule has 1 spiro atoms. The lowest BCUT2D eigenvalue weighted by Crippen LogP contribution is -2.55. The van der Waals surface area contributed by atoms with Crippen LogP contribution in [-0.2, 0) is 5.41 Å². The van der Waals surface area contributed by atoms with Gasteiger partial charge in [0.25, 0.3) is 0 Å². The summed E-state index contributed by atoms with van der Waals surface area (Å²) in [5.74, 6) is 0. The third-order valence-electron chi connectivity index (χ3n) is 18.0. The van der Waals surface area contributed by atoms with Crippen LogP contribution in [-0.4, -0.2) is 22.6 Å². The second-order valence-corrected chi connectivity index (χ2v) is 23.8. The molecule has 364 valence electrons. The number of aromatic nitrogens is 2. The molecule has 6 heteroatoms. The molecule has 0 bridgehead atoms. The highest BCUT2D eigenvalue weighted by atomic mass is 32.2. The van der Waals surface area contributed by atoms with Gasteiger partial charge in [-0.15, -0.1) is 0 Å². The molecular weight excluding hydrogens is 991 g/mol. The van der Waals surface area contributed by atoms with Gasteiger partial charge >= 0.3 is 0 Å². The van der Waals surface area contributed by atoms with Crippen molar-refractivity contribution in [2.24, 2.45) is 0 Å². The summed E-state index contributed by atoms with van der Waals surface area (Å²) in [5, 5.41) is 5.06. The van der Waals surface area contributed by atoms with E-state index in [1.54, 1.807) is 0 Å². The summed E-state index contributed by atoms with van der Waals surface area (Å²) in [7, 11) is 0. The molecular formula is C73H44B2N2S2. The quantitative estimate of drug-likeness (QED) is 0.163. The first-order chi connectivity index (χ1) is 39.2. The number of hydrogen-bond acceptors (Lipinski definition) is 2. The number of nitrogens with zero attached hydrogens (tertiary/aromatic N) is 2. The predicted octanol–water partition coefficient (Wildman–Crippen LogP) is 14.2. The molecule has 14 aromatic rings. The molecule has 79 heavy (non-hydrogen) atoms. The van der Waals surface area contributed by atoms with E-state index in [1.807, 2.05) is 23.5 Å². The first kappa shape index (κ1) is 44.1. The van der Waals surface area contributed by atoms with E-state index >= 15 is 0 Å². The van der Waals surface area contributed by atoms with Crippen LogP contribution in [0.25, 0.3) is 77.2 Å². The molecule has 0 N–H and O–H groups in total. The van der Waals surface area contributed by atoms with E-state index in [0.717, 1.165) is 0 Å². The van der Waals surface area contributed by atoms with Crippen LogP contribution < -0.4 is 32.8 Å². The van der Waals surface area contributed by atoms with Crippen LogP contribution in [0.15, 0.2) is 287 Å². The summed E-state index contributed by atoms with van der Waals surface area (Å²) in [5.41, 5.74) is 25.3. The second-order valence-electron chi connectivity index (χ2n) is 21.7. The lowest BCUT2D eigenvalue weighted by atomic mass is 9.36. The fraction of sp³-hybridized carbons (Fsp3) is 0.0137. The molecule has 0 amide bonds. The summed E-state index contributed by atoms with van der Waals surface area (Å²) in [6.07, 6.45) is 0. The Labute approximate surface area is 467 Å². The lowest BCUT2D eigenvalue weighted by molar-refractivity contribution is 0.791. The number of benzene rings is 12. The normalized spacial score (nSPS) is 14.0. The third kappa shape index (κ3) is 5.92. The van der Waals surface area contributed by atoms with Crippen LogP contribution >= 0.6 is 23.5 Å². The average Bonchev–Trinajstić information content (AvgIpc) is 2.78. The Morgan fingerprint density at radius 3 is 1.04 bits per heavy atom. The SMILES string of the molecule is c1ccc(B2c3ccccc3Sc3c2ccc2c3-c3cc(-n4c5ccccc5c5ccccc54)ccc3C23c2ccc(-n4c5ccccc5c5ccccc54)cc2-c2c3ccc3c2Sc2ccccc2B3c2ccccc2)cc1. The van der Waals surface area contributed by atoms with E-state index in [1.165, 1.54) is 152 Å². The van der Waals surface area contributed by atoms with Crippen LogP contribution in [0.2, 0.25) is 0 Å². The summed E-state index contributed by atoms with van der Waals surface area (Å²) in [4.78, 5) is 5.34. The topological polar surface area (TPSA) is 9.86 Å². The average molecular weight is 1030 g/mol. The molecule has 2 nitrogen and oxygen atoms in total. The molecule has 4 aliphatic rings. The zero-order chi connectivity index (χ0) is 51.5. The van der Waals surface area contributed by atoms with E-state index in [-0.39, 0.29) is 13.4 Å². The molecule has 0 atom stereocenters. The van der Waals surface area contributed by atoms with Gasteiger partial charge in [-0.3, -0.25) is 0 Å². The van der Waals surface area contributed by atoms with Crippen molar-refractivity contribution >= 4 is 113 Å². The molecule has 18 rings (SSSR count). The van der Waals surface area contributed by atoms with E-state index in [2.05, 4.69) is 276 Å². The van der Waals surface area contributed by atoms with Crippen LogP contribution in [0, 0.1) is 0 Å². The van der Waals surface area contributed by atoms with Crippen LogP contribution in [0.1, 0.15) is 22.3 Å². The summed E-state index contributed by atoms with van der Waals surface area (Å²) in [6, 6.07) is 101. The zero-order valence-corrected chi connectivity index (χ0v) is 44.4. The molecule has 4 heterocycles. The fourth-order valence-electron chi connectivity index (χ4n) is 14.9. The Balaban J connectivity index is 0.975. The van der Waals surface area contributed by atoms with Gasteiger partial charge in [-0.25, -0.2) is 0 Å². The minimum Gasteiger partial charge on any atom is -0.309 e. The van der Waals surface area contributed by atoms with Crippen LogP contribution in [0.3, 0.4) is 0 Å². The van der Waals surface area contributed by atoms with Gasteiger partial charge in [0.15, 0.2) is 0 Å². The van der Waals surface area contributed by atoms with Crippen molar-refractivity contribution in [3.8, 4) is 33.6 Å². The van der Waals surface area contributed by atoms with Gasteiger partial charge < -0.3 is 9.13 Å². The molecule has 0 unspecified atom stereocenters. The second kappa shape index (κ2) is 16.5. The maximum atomic E-state index is 2.56. The van der Waals surface area contributed by atoms with Gasteiger partial charge in [-0.1, -0.05) is 263 Å². The van der Waals surface area contributed by atoms with Gasteiger partial charge in [-0.05, 0) is 94.0 Å². The van der Waals surface area contributed by atoms with Crippen molar-refractivity contribution in [1.29, 1.82) is 0 Å². The van der Waals surface area contributed by atoms with E-state index in [4.69, 9.17) is 0 Å². The Morgan fingerprint density at radius 1 is 0.291 bits per heavy atom. The van der Waals surface area contributed by atoms with Gasteiger partial charge in [0.05, 0.1) is 27.5 Å². The van der Waals surface area contributed by atoms with Gasteiger partial charge in [0.1, 0.15) is 0 Å². The monoisotopic (exact) mass is 1030 g/mol. The van der Waals surface area contributed by atoms with Crippen LogP contribution in [0.5, 0.6) is 0 Å². The maximum absolute atomic E-state index is 2.56. The number of fused-ring (bicyclic) bond motifs is 22. The smallest absolute Gasteiger partial charge is 0.244 e. The Morgan fingerprint density at radius 2 is 0.633 bits per heavy atom. The fourth-order valence-corrected chi connectivity index (χ4v) is 17.5. The first-order valence-electron chi connectivity index (χ1n) is 27.5. The summed E-state index contributed by atoms with van der Waals surface area (Å²) < 4.78 is 5.01. The molecule has 12 aromatic carbocycles. The lowest BCUT2D eigenvalue weighted by Gasteiger charge is -2.33. The highest BCUT2D eigenvalue weighted by Crippen LogP contribution is 2.66.